The minimum absolute atomic E-state index is 0.0288. The van der Waals surface area contributed by atoms with Crippen molar-refractivity contribution >= 4 is 42.7 Å². The second kappa shape index (κ2) is 20.9. The minimum Gasteiger partial charge on any atom is -0.507 e. The number of hydrogen-bond donors (Lipinski definition) is 3. The summed E-state index contributed by atoms with van der Waals surface area (Å²) in [5.41, 5.74) is 2.41. The van der Waals surface area contributed by atoms with E-state index in [2.05, 4.69) is 123 Å². The summed E-state index contributed by atoms with van der Waals surface area (Å²) in [5.74, 6) is -3.03. The van der Waals surface area contributed by atoms with Crippen LogP contribution < -0.4 is 10.6 Å². The van der Waals surface area contributed by atoms with Crippen LogP contribution in [0.2, 0.25) is 54.4 Å². The molecule has 1 aromatic carbocycles. The molecule has 0 bridgehead atoms. The third-order valence-electron chi connectivity index (χ3n) is 15.2. The molecule has 15 nitrogen and oxygen atoms in total. The first kappa shape index (κ1) is 55.6. The second-order valence-corrected chi connectivity index (χ2v) is 37.6. The van der Waals surface area contributed by atoms with Gasteiger partial charge in [0.05, 0.1) is 31.1 Å². The van der Waals surface area contributed by atoms with Crippen molar-refractivity contribution < 1.29 is 47.0 Å². The van der Waals surface area contributed by atoms with Gasteiger partial charge in [-0.15, -0.1) is 5.10 Å². The Morgan fingerprint density at radius 2 is 1.41 bits per heavy atom. The number of phenolic OH excluding ortho intramolecular Hbond substituents is 1. The van der Waals surface area contributed by atoms with Crippen molar-refractivity contribution in [3.8, 4) is 5.75 Å². The van der Waals surface area contributed by atoms with E-state index in [1.807, 2.05) is 6.20 Å². The summed E-state index contributed by atoms with van der Waals surface area (Å²) < 4.78 is 42.4. The lowest BCUT2D eigenvalue weighted by atomic mass is 9.87. The molecule has 1 saturated heterocycles. The number of carbonyl (C=O) groups is 3. The molecule has 18 heteroatoms. The largest absolute Gasteiger partial charge is 0.507 e. The highest BCUT2D eigenvalue weighted by Crippen LogP contribution is 2.46. The normalized spacial score (nSPS) is 22.7. The number of nitrogens with zero attached hydrogens (tertiary/aromatic N) is 3. The molecule has 1 aliphatic carbocycles. The van der Waals surface area contributed by atoms with Crippen molar-refractivity contribution in [2.24, 2.45) is 0 Å². The van der Waals surface area contributed by atoms with Crippen molar-refractivity contribution in [3.05, 3.63) is 40.7 Å². The van der Waals surface area contributed by atoms with Gasteiger partial charge >= 0.3 is 5.97 Å². The fourth-order valence-corrected chi connectivity index (χ4v) is 11.9. The third-order valence-corrected chi connectivity index (χ3v) is 28.7. The molecule has 374 valence electrons. The van der Waals surface area contributed by atoms with Gasteiger partial charge in [0.2, 0.25) is 5.91 Å². The van der Waals surface area contributed by atoms with Crippen LogP contribution >= 0.6 is 0 Å². The second-order valence-electron chi connectivity index (χ2n) is 23.3. The monoisotopic (exact) mass is 976 g/mol. The number of aromatic nitrogens is 3. The zero-order valence-electron chi connectivity index (χ0n) is 43.8. The van der Waals surface area contributed by atoms with E-state index in [0.717, 1.165) is 31.4 Å². The quantitative estimate of drug-likeness (QED) is 0.101. The summed E-state index contributed by atoms with van der Waals surface area (Å²) in [6.45, 7) is 35.4. The van der Waals surface area contributed by atoms with E-state index in [1.165, 1.54) is 20.6 Å². The Bertz CT molecular complexity index is 1980. The lowest BCUT2D eigenvalue weighted by molar-refractivity contribution is -0.301. The van der Waals surface area contributed by atoms with E-state index in [4.69, 9.17) is 27.5 Å². The van der Waals surface area contributed by atoms with Gasteiger partial charge in [-0.1, -0.05) is 86.8 Å². The number of benzene rings is 1. The van der Waals surface area contributed by atoms with Gasteiger partial charge in [0.25, 0.3) is 11.7 Å². The fourth-order valence-electron chi connectivity index (χ4n) is 7.95. The van der Waals surface area contributed by atoms with Crippen LogP contribution in [0.1, 0.15) is 134 Å². The van der Waals surface area contributed by atoms with Crippen molar-refractivity contribution in [2.75, 3.05) is 20.8 Å². The maximum atomic E-state index is 14.6. The first-order chi connectivity index (χ1) is 30.2. The number of rotatable bonds is 17. The van der Waals surface area contributed by atoms with Crippen LogP contribution in [-0.4, -0.2) is 120 Å². The Hall–Kier alpha value is -2.98. The van der Waals surface area contributed by atoms with Crippen LogP contribution in [0.25, 0.3) is 0 Å². The Labute approximate surface area is 398 Å². The maximum Gasteiger partial charge on any atom is 0.366 e. The molecular formula is C48H85N5O10Si3. The Morgan fingerprint density at radius 1 is 0.864 bits per heavy atom. The molecule has 1 aromatic heterocycles. The van der Waals surface area contributed by atoms with Crippen LogP contribution in [0.5, 0.6) is 5.75 Å². The number of phenols is 1. The van der Waals surface area contributed by atoms with Crippen LogP contribution in [0.15, 0.2) is 18.3 Å². The summed E-state index contributed by atoms with van der Waals surface area (Å²) in [4.78, 5) is 43.0. The Morgan fingerprint density at radius 3 is 1.92 bits per heavy atom. The maximum absolute atomic E-state index is 14.6. The van der Waals surface area contributed by atoms with Gasteiger partial charge in [-0.05, 0) is 104 Å². The highest BCUT2D eigenvalue weighted by molar-refractivity contribution is 6.75. The molecule has 0 radical (unpaired) electrons. The third kappa shape index (κ3) is 13.0. The topological polar surface area (TPSA) is 182 Å². The zero-order valence-corrected chi connectivity index (χ0v) is 46.8. The lowest BCUT2D eigenvalue weighted by Gasteiger charge is -2.54. The molecular weight excluding hydrogens is 891 g/mol. The molecule has 2 fully saturated rings. The summed E-state index contributed by atoms with van der Waals surface area (Å²) in [6, 6.07) is 2.37. The fraction of sp³-hybridized carbons (Fsp3) is 0.771. The van der Waals surface area contributed by atoms with Gasteiger partial charge in [0.1, 0.15) is 24.5 Å². The first-order valence-electron chi connectivity index (χ1n) is 23.8. The van der Waals surface area contributed by atoms with E-state index in [0.29, 0.717) is 22.6 Å². The highest BCUT2D eigenvalue weighted by Gasteiger charge is 2.60. The van der Waals surface area contributed by atoms with Gasteiger partial charge in [-0.2, -0.15) is 0 Å². The standard InChI is InChI=1S/C48H85N5O10Si3/c1-31-25-34(26-32(2)40(31)55)43(56)49-28-37(62-65(16,17)46(6,7)8)41(63-66(18,19)47(9,10)11)42-39(50-38(54)30-53-29-35(51-52-53)33-23-21-20-22-24-33)36(61-64(14,15)45(3,4)5)27-48(59-13,60-42)44(57)58-12/h25-26,29,33,36-37,39,41-42,55H,20-24,27-28,30H2,1-19H3,(H,49,56)(H,50,54)/t36?,37-,39?,41-,42?,48?/m1/s1. The van der Waals surface area contributed by atoms with Crippen LogP contribution in [0.4, 0.5) is 0 Å². The van der Waals surface area contributed by atoms with Gasteiger partial charge < -0.3 is 43.2 Å². The van der Waals surface area contributed by atoms with E-state index in [-0.39, 0.29) is 52.2 Å². The summed E-state index contributed by atoms with van der Waals surface area (Å²) >= 11 is 0. The minimum atomic E-state index is -2.82. The molecule has 2 aromatic rings. The van der Waals surface area contributed by atoms with Crippen molar-refractivity contribution in [3.63, 3.8) is 0 Å². The van der Waals surface area contributed by atoms with Gasteiger partial charge in [0, 0.05) is 37.8 Å². The molecule has 4 rings (SSSR count). The van der Waals surface area contributed by atoms with Crippen molar-refractivity contribution in [2.45, 2.75) is 218 Å². The number of aryl methyl sites for hydroxylation is 2. The Kier molecular flexibility index (Phi) is 17.6. The van der Waals surface area contributed by atoms with E-state index in [9.17, 15) is 19.5 Å². The molecule has 2 heterocycles. The summed E-state index contributed by atoms with van der Waals surface area (Å²) in [5, 5.41) is 25.0. The lowest BCUT2D eigenvalue weighted by Crippen LogP contribution is -2.71. The molecule has 66 heavy (non-hydrogen) atoms. The van der Waals surface area contributed by atoms with Crippen molar-refractivity contribution in [1.29, 1.82) is 0 Å². The number of amides is 2. The average Bonchev–Trinajstić information content (AvgIpc) is 3.67. The number of hydrogen-bond acceptors (Lipinski definition) is 12. The van der Waals surface area contributed by atoms with E-state index < -0.39 is 67.2 Å². The van der Waals surface area contributed by atoms with Crippen molar-refractivity contribution in [1.82, 2.24) is 25.6 Å². The number of nitrogens with one attached hydrogen (secondary N) is 2. The number of esters is 1. The van der Waals surface area contributed by atoms with Gasteiger partial charge in [-0.3, -0.25) is 9.59 Å². The van der Waals surface area contributed by atoms with Crippen LogP contribution in [0.3, 0.4) is 0 Å². The number of methoxy groups -OCH3 is 2. The zero-order chi connectivity index (χ0) is 50.0. The first-order valence-corrected chi connectivity index (χ1v) is 32.5. The predicted molar refractivity (Wildman–Crippen MR) is 265 cm³/mol. The predicted octanol–water partition coefficient (Wildman–Crippen LogP) is 9.04. The highest BCUT2D eigenvalue weighted by atomic mass is 28.4. The molecule has 1 aliphatic heterocycles. The van der Waals surface area contributed by atoms with Crippen LogP contribution in [-0.2, 0) is 43.6 Å². The van der Waals surface area contributed by atoms with Gasteiger partial charge in [0.15, 0.2) is 25.0 Å². The molecule has 2 aliphatic rings. The number of ether oxygens (including phenoxy) is 3. The molecule has 4 unspecified atom stereocenters. The average molecular weight is 976 g/mol. The number of carbonyl (C=O) groups excluding carboxylic acids is 3. The SMILES string of the molecule is COC(=O)C1(OC)CC(O[Si](C)(C)C(C)(C)C)C(NC(=O)Cn2cc(C3CCCCC3)nn2)C([C@H](O[Si](C)(C)C(C)(C)C)[C@@H](CNC(=O)c2cc(C)c(O)c(C)c2)O[Si](C)(C)C(C)(C)C)O1. The van der Waals surface area contributed by atoms with E-state index >= 15 is 0 Å². The van der Waals surface area contributed by atoms with Gasteiger partial charge in [-0.25, -0.2) is 9.48 Å². The molecule has 1 saturated carbocycles. The number of aromatic hydroxyl groups is 1. The Balaban J connectivity index is 1.97. The molecule has 2 amide bonds. The molecule has 6 atom stereocenters. The van der Waals surface area contributed by atoms with Crippen LogP contribution in [0, 0.1) is 13.8 Å². The molecule has 0 spiro atoms. The molecule has 3 N–H and O–H groups in total. The summed E-state index contributed by atoms with van der Waals surface area (Å²) in [6.07, 6.45) is 3.42. The van der Waals surface area contributed by atoms with E-state index in [1.54, 1.807) is 30.7 Å². The smallest absolute Gasteiger partial charge is 0.366 e. The summed E-state index contributed by atoms with van der Waals surface area (Å²) in [7, 11) is -5.53.